The van der Waals surface area contributed by atoms with Crippen LogP contribution in [0, 0.1) is 0 Å². The summed E-state index contributed by atoms with van der Waals surface area (Å²) in [5.74, 6) is -0.652. The fourth-order valence-corrected chi connectivity index (χ4v) is 1.36. The van der Waals surface area contributed by atoms with Gasteiger partial charge in [0, 0.05) is 18.2 Å². The number of nitrogens with one attached hydrogen (secondary N) is 1. The average molecular weight is 223 g/mol. The molecule has 1 aromatic carbocycles. The monoisotopic (exact) mass is 223 g/mol. The van der Waals surface area contributed by atoms with Crippen molar-refractivity contribution in [1.82, 2.24) is 0 Å². The zero-order valence-corrected chi connectivity index (χ0v) is 9.11. The first-order valence-electron chi connectivity index (χ1n) is 4.69. The number of carboxylic acid groups (broad SMARTS) is 1. The number of carbonyl (C=O) groups is 2. The Morgan fingerprint density at radius 2 is 2.12 bits per heavy atom. The highest BCUT2D eigenvalue weighted by Gasteiger charge is 2.08. The molecule has 86 valence electrons. The summed E-state index contributed by atoms with van der Waals surface area (Å²) in [6.07, 6.45) is -0.142. The molecule has 0 radical (unpaired) electrons. The maximum absolute atomic E-state index is 10.8. The molecule has 0 aliphatic rings. The number of rotatable bonds is 4. The van der Waals surface area contributed by atoms with Gasteiger partial charge >= 0.3 is 5.97 Å². The molecular formula is C11H13NO4. The molecule has 0 heterocycles. The molecule has 1 amide bonds. The molecule has 0 bridgehead atoms. The van der Waals surface area contributed by atoms with Crippen molar-refractivity contribution in [2.45, 2.75) is 13.3 Å². The lowest BCUT2D eigenvalue weighted by molar-refractivity contribution is -0.136. The van der Waals surface area contributed by atoms with Crippen LogP contribution in [0.1, 0.15) is 12.5 Å². The van der Waals surface area contributed by atoms with Gasteiger partial charge in [0.2, 0.25) is 5.91 Å². The zero-order chi connectivity index (χ0) is 12.1. The van der Waals surface area contributed by atoms with Crippen LogP contribution < -0.4 is 10.1 Å². The second-order valence-corrected chi connectivity index (χ2v) is 3.28. The highest BCUT2D eigenvalue weighted by Crippen LogP contribution is 2.23. The van der Waals surface area contributed by atoms with E-state index in [9.17, 15) is 9.59 Å². The Bertz CT molecular complexity index is 414. The number of anilines is 1. The molecule has 0 spiro atoms. The molecular weight excluding hydrogens is 210 g/mol. The molecule has 0 fully saturated rings. The summed E-state index contributed by atoms with van der Waals surface area (Å²) in [5.41, 5.74) is 1.09. The van der Waals surface area contributed by atoms with Gasteiger partial charge in [-0.1, -0.05) is 0 Å². The lowest BCUT2D eigenvalue weighted by atomic mass is 10.1. The minimum Gasteiger partial charge on any atom is -0.496 e. The van der Waals surface area contributed by atoms with Crippen molar-refractivity contribution in [1.29, 1.82) is 0 Å². The van der Waals surface area contributed by atoms with E-state index in [1.807, 2.05) is 0 Å². The van der Waals surface area contributed by atoms with Gasteiger partial charge in [-0.05, 0) is 18.2 Å². The third-order valence-corrected chi connectivity index (χ3v) is 1.94. The molecule has 1 aromatic rings. The first-order valence-corrected chi connectivity index (χ1v) is 4.69. The molecule has 0 saturated heterocycles. The summed E-state index contributed by atoms with van der Waals surface area (Å²) < 4.78 is 5.03. The Hall–Kier alpha value is -2.04. The Balaban J connectivity index is 3.00. The van der Waals surface area contributed by atoms with Crippen molar-refractivity contribution in [2.75, 3.05) is 12.4 Å². The number of aliphatic carboxylic acids is 1. The van der Waals surface area contributed by atoms with Crippen LogP contribution in [-0.4, -0.2) is 24.1 Å². The number of carbonyl (C=O) groups excluding carboxylic acids is 1. The maximum atomic E-state index is 10.8. The Labute approximate surface area is 93.0 Å². The normalized spacial score (nSPS) is 9.62. The van der Waals surface area contributed by atoms with Crippen LogP contribution >= 0.6 is 0 Å². The van der Waals surface area contributed by atoms with E-state index in [0.717, 1.165) is 0 Å². The minimum atomic E-state index is -0.946. The van der Waals surface area contributed by atoms with Crippen molar-refractivity contribution >= 4 is 17.6 Å². The predicted octanol–water partition coefficient (Wildman–Crippen LogP) is 1.28. The number of carboxylic acids is 1. The van der Waals surface area contributed by atoms with E-state index in [4.69, 9.17) is 9.84 Å². The number of methoxy groups -OCH3 is 1. The largest absolute Gasteiger partial charge is 0.496 e. The molecule has 0 unspecified atom stereocenters. The van der Waals surface area contributed by atoms with Gasteiger partial charge < -0.3 is 15.2 Å². The molecule has 0 saturated carbocycles. The second kappa shape index (κ2) is 5.16. The lowest BCUT2D eigenvalue weighted by Crippen LogP contribution is -2.08. The quantitative estimate of drug-likeness (QED) is 0.806. The molecule has 1 rings (SSSR count). The summed E-state index contributed by atoms with van der Waals surface area (Å²) in [6.45, 7) is 1.39. The van der Waals surface area contributed by atoms with Crippen LogP contribution in [0.3, 0.4) is 0 Å². The fourth-order valence-electron chi connectivity index (χ4n) is 1.36. The van der Waals surface area contributed by atoms with Gasteiger partial charge in [-0.25, -0.2) is 0 Å². The molecule has 0 aliphatic carbocycles. The third-order valence-electron chi connectivity index (χ3n) is 1.94. The molecule has 5 nitrogen and oxygen atoms in total. The number of hydrogen-bond donors (Lipinski definition) is 2. The van der Waals surface area contributed by atoms with E-state index < -0.39 is 5.97 Å². The van der Waals surface area contributed by atoms with E-state index >= 15 is 0 Å². The minimum absolute atomic E-state index is 0.142. The lowest BCUT2D eigenvalue weighted by Gasteiger charge is -2.09. The van der Waals surface area contributed by atoms with Crippen LogP contribution in [0.2, 0.25) is 0 Å². The number of benzene rings is 1. The van der Waals surface area contributed by atoms with E-state index in [0.29, 0.717) is 17.0 Å². The van der Waals surface area contributed by atoms with Crippen LogP contribution in [0.25, 0.3) is 0 Å². The summed E-state index contributed by atoms with van der Waals surface area (Å²) in [4.78, 5) is 21.5. The molecule has 0 aliphatic heterocycles. The topological polar surface area (TPSA) is 75.6 Å². The Kier molecular flexibility index (Phi) is 3.88. The van der Waals surface area contributed by atoms with Gasteiger partial charge in [-0.15, -0.1) is 0 Å². The van der Waals surface area contributed by atoms with Crippen LogP contribution in [0.5, 0.6) is 5.75 Å². The zero-order valence-electron chi connectivity index (χ0n) is 9.11. The summed E-state index contributed by atoms with van der Waals surface area (Å²) in [5, 5.41) is 11.3. The third kappa shape index (κ3) is 3.27. The fraction of sp³-hybridized carbons (Fsp3) is 0.273. The summed E-state index contributed by atoms with van der Waals surface area (Å²) in [6, 6.07) is 4.88. The van der Waals surface area contributed by atoms with Gasteiger partial charge in [0.1, 0.15) is 5.75 Å². The molecule has 0 aromatic heterocycles. The van der Waals surface area contributed by atoms with Crippen molar-refractivity contribution in [2.24, 2.45) is 0 Å². The van der Waals surface area contributed by atoms with E-state index in [1.54, 1.807) is 18.2 Å². The maximum Gasteiger partial charge on any atom is 0.307 e. The standard InChI is InChI=1S/C11H13NO4/c1-7(13)12-9-3-4-10(16-2)8(5-9)6-11(14)15/h3-5H,6H2,1-2H3,(H,12,13)(H,14,15). The first kappa shape index (κ1) is 12.0. The Morgan fingerprint density at radius 1 is 1.44 bits per heavy atom. The summed E-state index contributed by atoms with van der Waals surface area (Å²) in [7, 11) is 1.47. The number of ether oxygens (including phenoxy) is 1. The second-order valence-electron chi connectivity index (χ2n) is 3.28. The molecule has 5 heteroatoms. The van der Waals surface area contributed by atoms with Crippen molar-refractivity contribution in [3.8, 4) is 5.75 Å². The van der Waals surface area contributed by atoms with Crippen LogP contribution in [0.4, 0.5) is 5.69 Å². The van der Waals surface area contributed by atoms with Gasteiger partial charge in [0.25, 0.3) is 0 Å². The number of hydrogen-bond acceptors (Lipinski definition) is 3. The smallest absolute Gasteiger partial charge is 0.307 e. The highest BCUT2D eigenvalue weighted by atomic mass is 16.5. The van der Waals surface area contributed by atoms with Gasteiger partial charge in [0.05, 0.1) is 13.5 Å². The highest BCUT2D eigenvalue weighted by molar-refractivity contribution is 5.89. The SMILES string of the molecule is COc1ccc(NC(C)=O)cc1CC(=O)O. The van der Waals surface area contributed by atoms with E-state index in [-0.39, 0.29) is 12.3 Å². The van der Waals surface area contributed by atoms with Crippen molar-refractivity contribution < 1.29 is 19.4 Å². The van der Waals surface area contributed by atoms with E-state index in [2.05, 4.69) is 5.32 Å². The van der Waals surface area contributed by atoms with Gasteiger partial charge in [-0.3, -0.25) is 9.59 Å². The predicted molar refractivity (Wildman–Crippen MR) is 58.6 cm³/mol. The van der Waals surface area contributed by atoms with Crippen LogP contribution in [-0.2, 0) is 16.0 Å². The van der Waals surface area contributed by atoms with Crippen molar-refractivity contribution in [3.05, 3.63) is 23.8 Å². The van der Waals surface area contributed by atoms with Crippen molar-refractivity contribution in [3.63, 3.8) is 0 Å². The Morgan fingerprint density at radius 3 is 2.62 bits per heavy atom. The molecule has 16 heavy (non-hydrogen) atoms. The first-order chi connectivity index (χ1) is 7.52. The summed E-state index contributed by atoms with van der Waals surface area (Å²) >= 11 is 0. The van der Waals surface area contributed by atoms with Gasteiger partial charge in [-0.2, -0.15) is 0 Å². The average Bonchev–Trinajstić information content (AvgIpc) is 2.16. The number of amides is 1. The van der Waals surface area contributed by atoms with E-state index in [1.165, 1.54) is 14.0 Å². The van der Waals surface area contributed by atoms with Crippen LogP contribution in [0.15, 0.2) is 18.2 Å². The molecule has 0 atom stereocenters. The van der Waals surface area contributed by atoms with Gasteiger partial charge in [0.15, 0.2) is 0 Å². The molecule has 2 N–H and O–H groups in total.